The molecule has 5 atom stereocenters. The van der Waals surface area contributed by atoms with Crippen LogP contribution in [-0.4, -0.2) is 69.0 Å². The minimum Gasteiger partial charge on any atom is -0.387 e. The zero-order chi connectivity index (χ0) is 14.6. The van der Waals surface area contributed by atoms with Crippen molar-refractivity contribution in [1.29, 1.82) is 0 Å². The summed E-state index contributed by atoms with van der Waals surface area (Å²) in [6, 6.07) is 0. The Morgan fingerprint density at radius 1 is 1.16 bits per heavy atom. The molecule has 10 heteroatoms. The zero-order valence-corrected chi connectivity index (χ0v) is 11.2. The topological polar surface area (TPSA) is 146 Å². The lowest BCUT2D eigenvalue weighted by atomic mass is 9.99. The third-order valence-corrected chi connectivity index (χ3v) is 3.05. The molecule has 1 aliphatic heterocycles. The van der Waals surface area contributed by atoms with Gasteiger partial charge in [-0.2, -0.15) is 0 Å². The summed E-state index contributed by atoms with van der Waals surface area (Å²) in [5.74, 6) is 0. The van der Waals surface area contributed by atoms with Crippen LogP contribution in [0.25, 0.3) is 0 Å². The normalized spacial score (nSPS) is 36.4. The first-order valence-electron chi connectivity index (χ1n) is 5.77. The molecule has 0 aromatic rings. The molecule has 1 rings (SSSR count). The summed E-state index contributed by atoms with van der Waals surface area (Å²) in [7, 11) is -4.71. The molecule has 0 aromatic carbocycles. The predicted molar refractivity (Wildman–Crippen MR) is 60.9 cm³/mol. The van der Waals surface area contributed by atoms with E-state index in [1.165, 1.54) is 0 Å². The lowest BCUT2D eigenvalue weighted by molar-refractivity contribution is -0.300. The van der Waals surface area contributed by atoms with Crippen LogP contribution < -0.4 is 0 Å². The van der Waals surface area contributed by atoms with Crippen LogP contribution in [0.2, 0.25) is 0 Å². The number of phosphoric acid groups is 1. The van der Waals surface area contributed by atoms with Crippen LogP contribution in [0, 0.1) is 0 Å². The maximum atomic E-state index is 10.6. The molecular weight excluding hydrogens is 283 g/mol. The molecule has 0 spiro atoms. The molecule has 0 aliphatic carbocycles. The van der Waals surface area contributed by atoms with Gasteiger partial charge in [0.05, 0.1) is 6.61 Å². The molecule has 5 N–H and O–H groups in total. The van der Waals surface area contributed by atoms with E-state index in [2.05, 4.69) is 4.52 Å². The van der Waals surface area contributed by atoms with Gasteiger partial charge in [-0.05, 0) is 6.42 Å². The molecule has 1 saturated heterocycles. The quantitative estimate of drug-likeness (QED) is 0.363. The van der Waals surface area contributed by atoms with Crippen LogP contribution in [0.3, 0.4) is 0 Å². The summed E-state index contributed by atoms with van der Waals surface area (Å²) in [5, 5.41) is 28.9. The molecule has 0 aromatic heterocycles. The maximum absolute atomic E-state index is 10.6. The van der Waals surface area contributed by atoms with Gasteiger partial charge in [0.2, 0.25) is 0 Å². The van der Waals surface area contributed by atoms with Crippen LogP contribution in [0.1, 0.15) is 13.3 Å². The molecule has 0 amide bonds. The van der Waals surface area contributed by atoms with E-state index >= 15 is 0 Å². The van der Waals surface area contributed by atoms with Gasteiger partial charge in [0.15, 0.2) is 6.29 Å². The lowest BCUT2D eigenvalue weighted by Gasteiger charge is -2.40. The molecule has 114 valence electrons. The van der Waals surface area contributed by atoms with Crippen molar-refractivity contribution in [2.24, 2.45) is 0 Å². The third-order valence-electron chi connectivity index (χ3n) is 2.56. The Bertz CT molecular complexity index is 319. The molecule has 1 unspecified atom stereocenters. The van der Waals surface area contributed by atoms with E-state index in [0.29, 0.717) is 6.42 Å². The van der Waals surface area contributed by atoms with Crippen LogP contribution in [-0.2, 0) is 18.6 Å². The summed E-state index contributed by atoms with van der Waals surface area (Å²) in [6.45, 7) is 1.45. The summed E-state index contributed by atoms with van der Waals surface area (Å²) in [5.41, 5.74) is 0. The molecule has 0 bridgehead atoms. The van der Waals surface area contributed by atoms with Crippen LogP contribution in [0.5, 0.6) is 0 Å². The largest absolute Gasteiger partial charge is 0.469 e. The number of hydrogen-bond acceptors (Lipinski definition) is 7. The average Bonchev–Trinajstić information content (AvgIpc) is 2.33. The van der Waals surface area contributed by atoms with Crippen LogP contribution in [0.4, 0.5) is 0 Å². The predicted octanol–water partition coefficient (Wildman–Crippen LogP) is -1.67. The maximum Gasteiger partial charge on any atom is 0.469 e. The molecule has 1 aliphatic rings. The average molecular weight is 302 g/mol. The van der Waals surface area contributed by atoms with Gasteiger partial charge in [-0.3, -0.25) is 4.52 Å². The fourth-order valence-corrected chi connectivity index (χ4v) is 1.94. The van der Waals surface area contributed by atoms with E-state index in [1.807, 2.05) is 6.92 Å². The standard InChI is InChI=1S/C9H19O9P/c1-2-3-16-9-8(12)7(11)6(10)5(18-9)4-17-19(13,14)15/h5-12H,2-4H2,1H3,(H2,13,14,15)/t5-,6-,7+,8+,9?/m1/s1. The molecular formula is C9H19O9P. The highest BCUT2D eigenvalue weighted by molar-refractivity contribution is 7.46. The van der Waals surface area contributed by atoms with E-state index < -0.39 is 45.1 Å². The van der Waals surface area contributed by atoms with Crippen molar-refractivity contribution in [3.63, 3.8) is 0 Å². The summed E-state index contributed by atoms with van der Waals surface area (Å²) < 4.78 is 25.0. The number of aliphatic hydroxyl groups is 3. The van der Waals surface area contributed by atoms with Crippen LogP contribution >= 0.6 is 7.82 Å². The van der Waals surface area contributed by atoms with Crippen LogP contribution in [0.15, 0.2) is 0 Å². The van der Waals surface area contributed by atoms with Gasteiger partial charge >= 0.3 is 7.82 Å². The number of hydrogen-bond donors (Lipinski definition) is 5. The minimum absolute atomic E-state index is 0.261. The Morgan fingerprint density at radius 2 is 1.79 bits per heavy atom. The van der Waals surface area contributed by atoms with Gasteiger partial charge in [0.1, 0.15) is 24.4 Å². The van der Waals surface area contributed by atoms with Crippen molar-refractivity contribution in [2.45, 2.75) is 44.1 Å². The van der Waals surface area contributed by atoms with E-state index in [4.69, 9.17) is 19.3 Å². The number of aliphatic hydroxyl groups excluding tert-OH is 3. The second-order valence-electron chi connectivity index (χ2n) is 4.17. The Kier molecular flexibility index (Phi) is 6.31. The van der Waals surface area contributed by atoms with E-state index in [9.17, 15) is 19.9 Å². The Labute approximate surface area is 110 Å². The first kappa shape index (κ1) is 17.0. The number of rotatable bonds is 6. The zero-order valence-electron chi connectivity index (χ0n) is 10.3. The number of ether oxygens (including phenoxy) is 2. The molecule has 1 heterocycles. The van der Waals surface area contributed by atoms with Gasteiger partial charge in [0.25, 0.3) is 0 Å². The molecule has 0 radical (unpaired) electrons. The fraction of sp³-hybridized carbons (Fsp3) is 1.00. The SMILES string of the molecule is CCCOC1O[C@H](COP(=O)(O)O)[C@@H](O)[C@H](O)[C@@H]1O. The highest BCUT2D eigenvalue weighted by Crippen LogP contribution is 2.37. The van der Waals surface area contributed by atoms with Crippen molar-refractivity contribution in [1.82, 2.24) is 0 Å². The second-order valence-corrected chi connectivity index (χ2v) is 5.41. The molecule has 9 nitrogen and oxygen atoms in total. The van der Waals surface area contributed by atoms with Gasteiger partial charge in [-0.25, -0.2) is 4.57 Å². The Hall–Kier alpha value is -0.0900. The van der Waals surface area contributed by atoms with Crippen molar-refractivity contribution in [2.75, 3.05) is 13.2 Å². The molecule has 0 saturated carbocycles. The van der Waals surface area contributed by atoms with Gasteiger partial charge in [-0.15, -0.1) is 0 Å². The van der Waals surface area contributed by atoms with Crippen molar-refractivity contribution in [3.05, 3.63) is 0 Å². The van der Waals surface area contributed by atoms with Gasteiger partial charge < -0.3 is 34.6 Å². The first-order valence-corrected chi connectivity index (χ1v) is 7.30. The van der Waals surface area contributed by atoms with E-state index in [0.717, 1.165) is 0 Å². The van der Waals surface area contributed by atoms with Gasteiger partial charge in [0, 0.05) is 6.61 Å². The number of phosphoric ester groups is 1. The smallest absolute Gasteiger partial charge is 0.387 e. The molecule has 1 fully saturated rings. The van der Waals surface area contributed by atoms with Crippen molar-refractivity contribution < 1.29 is 43.7 Å². The monoisotopic (exact) mass is 302 g/mol. The minimum atomic E-state index is -4.71. The Balaban J connectivity index is 2.62. The summed E-state index contributed by atoms with van der Waals surface area (Å²) >= 11 is 0. The van der Waals surface area contributed by atoms with Crippen molar-refractivity contribution >= 4 is 7.82 Å². The second kappa shape index (κ2) is 7.07. The molecule has 19 heavy (non-hydrogen) atoms. The van der Waals surface area contributed by atoms with Gasteiger partial charge in [-0.1, -0.05) is 6.92 Å². The summed E-state index contributed by atoms with van der Waals surface area (Å²) in [4.78, 5) is 17.1. The summed E-state index contributed by atoms with van der Waals surface area (Å²) in [6.07, 6.45) is -6.30. The third kappa shape index (κ3) is 5.07. The van der Waals surface area contributed by atoms with E-state index in [-0.39, 0.29) is 6.61 Å². The van der Waals surface area contributed by atoms with Crippen molar-refractivity contribution in [3.8, 4) is 0 Å². The van der Waals surface area contributed by atoms with E-state index in [1.54, 1.807) is 0 Å². The first-order chi connectivity index (χ1) is 8.76. The fourth-order valence-electron chi connectivity index (χ4n) is 1.60. The lowest BCUT2D eigenvalue weighted by Crippen LogP contribution is -2.59. The highest BCUT2D eigenvalue weighted by atomic mass is 31.2. The Morgan fingerprint density at radius 3 is 2.32 bits per heavy atom. The highest BCUT2D eigenvalue weighted by Gasteiger charge is 2.44.